The minimum atomic E-state index is -0.0633. The van der Waals surface area contributed by atoms with Crippen molar-refractivity contribution in [2.24, 2.45) is 0 Å². The van der Waals surface area contributed by atoms with Gasteiger partial charge in [0.1, 0.15) is 5.75 Å². The molecule has 0 spiro atoms. The zero-order valence-corrected chi connectivity index (χ0v) is 24.8. The molecular formula is C33H39ClN4O3. The van der Waals surface area contributed by atoms with Crippen LogP contribution in [-0.4, -0.2) is 68.0 Å². The fourth-order valence-corrected chi connectivity index (χ4v) is 6.08. The van der Waals surface area contributed by atoms with Crippen molar-refractivity contribution in [3.63, 3.8) is 0 Å². The summed E-state index contributed by atoms with van der Waals surface area (Å²) in [4.78, 5) is 32.3. The van der Waals surface area contributed by atoms with Gasteiger partial charge in [-0.3, -0.25) is 14.5 Å². The first-order chi connectivity index (χ1) is 19.9. The molecule has 0 atom stereocenters. The van der Waals surface area contributed by atoms with Crippen LogP contribution in [-0.2, 0) is 29.0 Å². The lowest BCUT2D eigenvalue weighted by molar-refractivity contribution is -0.130. The lowest BCUT2D eigenvalue weighted by Crippen LogP contribution is -2.49. The molecule has 8 heteroatoms. The molecule has 0 saturated carbocycles. The molecule has 0 radical (unpaired) electrons. The van der Waals surface area contributed by atoms with Gasteiger partial charge in [-0.05, 0) is 97.6 Å². The third kappa shape index (κ3) is 7.60. The zero-order valence-electron chi connectivity index (χ0n) is 24.0. The molecule has 3 aromatic carbocycles. The van der Waals surface area contributed by atoms with E-state index in [1.165, 1.54) is 18.4 Å². The SMILES string of the molecule is COc1ccc(CC(=O)Nc2ccc(N3CCN(C(=O)Cc4c(C)cc(CN5CCCC5)cc4Cl)CC3)cc2)cc1. The van der Waals surface area contributed by atoms with E-state index in [4.69, 9.17) is 16.3 Å². The predicted octanol–water partition coefficient (Wildman–Crippen LogP) is 5.33. The summed E-state index contributed by atoms with van der Waals surface area (Å²) in [6.07, 6.45) is 3.17. The normalized spacial score (nSPS) is 15.7. The lowest BCUT2D eigenvalue weighted by Gasteiger charge is -2.36. The van der Waals surface area contributed by atoms with E-state index in [0.29, 0.717) is 31.0 Å². The van der Waals surface area contributed by atoms with Crippen molar-refractivity contribution in [1.29, 1.82) is 0 Å². The van der Waals surface area contributed by atoms with E-state index < -0.39 is 0 Å². The molecule has 7 nitrogen and oxygen atoms in total. The molecule has 0 unspecified atom stereocenters. The number of nitrogens with one attached hydrogen (secondary N) is 1. The number of likely N-dealkylation sites (tertiary alicyclic amines) is 1. The van der Waals surface area contributed by atoms with Crippen LogP contribution in [0.2, 0.25) is 5.02 Å². The minimum absolute atomic E-state index is 0.0633. The van der Waals surface area contributed by atoms with Crippen molar-refractivity contribution in [3.05, 3.63) is 87.9 Å². The van der Waals surface area contributed by atoms with Crippen molar-refractivity contribution in [2.45, 2.75) is 39.2 Å². The lowest BCUT2D eigenvalue weighted by atomic mass is 10.0. The van der Waals surface area contributed by atoms with Crippen LogP contribution in [0.3, 0.4) is 0 Å². The molecule has 5 rings (SSSR count). The Hall–Kier alpha value is -3.55. The monoisotopic (exact) mass is 574 g/mol. The topological polar surface area (TPSA) is 65.1 Å². The Morgan fingerprint density at radius 1 is 0.854 bits per heavy atom. The highest BCUT2D eigenvalue weighted by atomic mass is 35.5. The quantitative estimate of drug-likeness (QED) is 0.374. The maximum Gasteiger partial charge on any atom is 0.228 e. The van der Waals surface area contributed by atoms with Gasteiger partial charge in [0.25, 0.3) is 0 Å². The number of methoxy groups -OCH3 is 1. The summed E-state index contributed by atoms with van der Waals surface area (Å²) >= 11 is 6.67. The molecule has 0 bridgehead atoms. The number of carbonyl (C=O) groups is 2. The number of halogens is 1. The van der Waals surface area contributed by atoms with E-state index in [1.807, 2.05) is 59.5 Å². The van der Waals surface area contributed by atoms with Gasteiger partial charge in [-0.15, -0.1) is 0 Å². The van der Waals surface area contributed by atoms with Crippen molar-refractivity contribution >= 4 is 34.8 Å². The van der Waals surface area contributed by atoms with Crippen molar-refractivity contribution in [1.82, 2.24) is 9.80 Å². The van der Waals surface area contributed by atoms with E-state index in [0.717, 1.165) is 66.5 Å². The molecule has 2 aliphatic rings. The largest absolute Gasteiger partial charge is 0.497 e. The first-order valence-corrected chi connectivity index (χ1v) is 14.8. The Balaban J connectivity index is 1.09. The average molecular weight is 575 g/mol. The van der Waals surface area contributed by atoms with Crippen LogP contribution in [0.15, 0.2) is 60.7 Å². The van der Waals surface area contributed by atoms with E-state index >= 15 is 0 Å². The van der Waals surface area contributed by atoms with Gasteiger partial charge in [-0.25, -0.2) is 0 Å². The number of ether oxygens (including phenoxy) is 1. The summed E-state index contributed by atoms with van der Waals surface area (Å²) in [6, 6.07) is 19.6. The van der Waals surface area contributed by atoms with Gasteiger partial charge < -0.3 is 19.9 Å². The number of benzene rings is 3. The van der Waals surface area contributed by atoms with Crippen LogP contribution in [0.4, 0.5) is 11.4 Å². The van der Waals surface area contributed by atoms with Crippen LogP contribution in [0.5, 0.6) is 5.75 Å². The first-order valence-electron chi connectivity index (χ1n) is 14.4. The summed E-state index contributed by atoms with van der Waals surface area (Å²) in [7, 11) is 1.62. The maximum atomic E-state index is 13.2. The van der Waals surface area contributed by atoms with Crippen molar-refractivity contribution in [2.75, 3.05) is 56.6 Å². The summed E-state index contributed by atoms with van der Waals surface area (Å²) < 4.78 is 5.17. The van der Waals surface area contributed by atoms with E-state index in [2.05, 4.69) is 28.1 Å². The van der Waals surface area contributed by atoms with Gasteiger partial charge in [0.15, 0.2) is 0 Å². The Morgan fingerprint density at radius 2 is 1.54 bits per heavy atom. The third-order valence-corrected chi connectivity index (χ3v) is 8.42. The molecule has 2 fully saturated rings. The summed E-state index contributed by atoms with van der Waals surface area (Å²) in [5, 5.41) is 3.67. The molecule has 2 amide bonds. The van der Waals surface area contributed by atoms with Gasteiger partial charge in [0.05, 0.1) is 20.0 Å². The maximum absolute atomic E-state index is 13.2. The molecule has 1 N–H and O–H groups in total. The minimum Gasteiger partial charge on any atom is -0.497 e. The molecule has 0 aliphatic carbocycles. The smallest absolute Gasteiger partial charge is 0.228 e. The van der Waals surface area contributed by atoms with Crippen LogP contribution in [0, 0.1) is 6.92 Å². The van der Waals surface area contributed by atoms with Gasteiger partial charge in [-0.2, -0.15) is 0 Å². The second kappa shape index (κ2) is 13.4. The highest BCUT2D eigenvalue weighted by molar-refractivity contribution is 6.31. The van der Waals surface area contributed by atoms with Crippen LogP contribution >= 0.6 is 11.6 Å². The second-order valence-electron chi connectivity index (χ2n) is 11.0. The molecule has 2 heterocycles. The van der Waals surface area contributed by atoms with Gasteiger partial charge in [0, 0.05) is 49.1 Å². The molecule has 0 aromatic heterocycles. The fourth-order valence-electron chi connectivity index (χ4n) is 5.73. The van der Waals surface area contributed by atoms with E-state index in [1.54, 1.807) is 7.11 Å². The number of anilines is 2. The molecule has 2 aliphatic heterocycles. The van der Waals surface area contributed by atoms with Gasteiger partial charge >= 0.3 is 0 Å². The number of nitrogens with zero attached hydrogens (tertiary/aromatic N) is 3. The number of piperazine rings is 1. The second-order valence-corrected chi connectivity index (χ2v) is 11.4. The molecule has 2 saturated heterocycles. The number of hydrogen-bond acceptors (Lipinski definition) is 5. The zero-order chi connectivity index (χ0) is 28.8. The standard InChI is InChI=1S/C33H39ClN4O3/c1-24-19-26(23-36-13-3-4-14-36)20-31(34)30(24)22-33(40)38-17-15-37(16-18-38)28-9-7-27(8-10-28)35-32(39)21-25-5-11-29(41-2)12-6-25/h5-12,19-20H,3-4,13-18,21-23H2,1-2H3,(H,35,39). The Morgan fingerprint density at radius 3 is 2.17 bits per heavy atom. The van der Waals surface area contributed by atoms with Crippen LogP contribution in [0.1, 0.15) is 35.1 Å². The molecule has 216 valence electrons. The van der Waals surface area contributed by atoms with Gasteiger partial charge in [-0.1, -0.05) is 29.8 Å². The number of aryl methyl sites for hydroxylation is 1. The molecular weight excluding hydrogens is 536 g/mol. The molecule has 41 heavy (non-hydrogen) atoms. The number of carbonyl (C=O) groups excluding carboxylic acids is 2. The molecule has 3 aromatic rings. The Bertz CT molecular complexity index is 1320. The van der Waals surface area contributed by atoms with E-state index in [-0.39, 0.29) is 11.8 Å². The average Bonchev–Trinajstić information content (AvgIpc) is 3.49. The Kier molecular flexibility index (Phi) is 9.47. The van der Waals surface area contributed by atoms with Crippen molar-refractivity contribution in [3.8, 4) is 5.75 Å². The van der Waals surface area contributed by atoms with Crippen molar-refractivity contribution < 1.29 is 14.3 Å². The third-order valence-electron chi connectivity index (χ3n) is 8.08. The fraction of sp³-hybridized carbons (Fsp3) is 0.394. The van der Waals surface area contributed by atoms with Gasteiger partial charge in [0.2, 0.25) is 11.8 Å². The number of rotatable bonds is 9. The predicted molar refractivity (Wildman–Crippen MR) is 165 cm³/mol. The Labute approximate surface area is 248 Å². The van der Waals surface area contributed by atoms with Crippen LogP contribution < -0.4 is 15.0 Å². The summed E-state index contributed by atoms with van der Waals surface area (Å²) in [6.45, 7) is 8.14. The first kappa shape index (κ1) is 29.0. The number of amides is 2. The summed E-state index contributed by atoms with van der Waals surface area (Å²) in [5.41, 5.74) is 6.03. The summed E-state index contributed by atoms with van der Waals surface area (Å²) in [5.74, 6) is 0.829. The number of hydrogen-bond donors (Lipinski definition) is 1. The van der Waals surface area contributed by atoms with E-state index in [9.17, 15) is 9.59 Å². The highest BCUT2D eigenvalue weighted by Gasteiger charge is 2.23. The van der Waals surface area contributed by atoms with Crippen LogP contribution in [0.25, 0.3) is 0 Å². The highest BCUT2D eigenvalue weighted by Crippen LogP contribution is 2.26.